The second kappa shape index (κ2) is 12.3. The van der Waals surface area contributed by atoms with Gasteiger partial charge in [0.15, 0.2) is 16.6 Å². The maximum Gasteiger partial charge on any atom is 0.573 e. The third-order valence-electron chi connectivity index (χ3n) is 5.30. The van der Waals surface area contributed by atoms with E-state index in [4.69, 9.17) is 27.4 Å². The maximum atomic E-state index is 12.2. The minimum Gasteiger partial charge on any atom is -0.454 e. The van der Waals surface area contributed by atoms with Gasteiger partial charge in [0.25, 0.3) is 0 Å². The van der Waals surface area contributed by atoms with E-state index in [1.807, 2.05) is 25.1 Å². The van der Waals surface area contributed by atoms with Crippen LogP contribution in [-0.2, 0) is 0 Å². The van der Waals surface area contributed by atoms with Crippen LogP contribution >= 0.6 is 12.2 Å². The lowest BCUT2D eigenvalue weighted by atomic mass is 10.1. The summed E-state index contributed by atoms with van der Waals surface area (Å²) in [6, 6.07) is 17.8. The van der Waals surface area contributed by atoms with Gasteiger partial charge in [-0.2, -0.15) is 5.10 Å². The highest BCUT2D eigenvalue weighted by Gasteiger charge is 2.30. The minimum atomic E-state index is -4.75. The smallest absolute Gasteiger partial charge is 0.454 e. The van der Waals surface area contributed by atoms with Crippen molar-refractivity contribution in [3.8, 4) is 17.2 Å². The van der Waals surface area contributed by atoms with Crippen LogP contribution in [0.25, 0.3) is 0 Å². The van der Waals surface area contributed by atoms with Crippen molar-refractivity contribution in [2.24, 2.45) is 20.8 Å². The van der Waals surface area contributed by atoms with E-state index in [-0.39, 0.29) is 24.4 Å². The van der Waals surface area contributed by atoms with E-state index in [1.165, 1.54) is 18.5 Å². The molecular weight excluding hydrogens is 533 g/mol. The maximum absolute atomic E-state index is 12.2. The Morgan fingerprint density at radius 1 is 1.05 bits per heavy atom. The number of amidine groups is 1. The molecule has 3 aromatic rings. The summed E-state index contributed by atoms with van der Waals surface area (Å²) in [5, 5.41) is 7.66. The fourth-order valence-electron chi connectivity index (χ4n) is 3.37. The molecule has 13 heteroatoms. The molecule has 202 valence electrons. The van der Waals surface area contributed by atoms with Crippen molar-refractivity contribution < 1.29 is 27.4 Å². The molecule has 0 bridgehead atoms. The fraction of sp³-hybridized carbons (Fsp3) is 0.154. The molecule has 9 nitrogen and oxygen atoms in total. The summed E-state index contributed by atoms with van der Waals surface area (Å²) in [7, 11) is 0. The van der Waals surface area contributed by atoms with Gasteiger partial charge >= 0.3 is 6.36 Å². The third kappa shape index (κ3) is 8.17. The molecule has 0 saturated carbocycles. The number of benzene rings is 3. The van der Waals surface area contributed by atoms with Crippen molar-refractivity contribution in [2.45, 2.75) is 19.3 Å². The molecule has 3 aromatic carbocycles. The number of hydrazone groups is 1. The zero-order valence-electron chi connectivity index (χ0n) is 20.5. The number of thiocarbonyl (C=S) groups is 1. The number of rotatable bonds is 8. The first-order chi connectivity index (χ1) is 18.7. The Morgan fingerprint density at radius 2 is 1.77 bits per heavy atom. The Labute approximate surface area is 227 Å². The van der Waals surface area contributed by atoms with Gasteiger partial charge in [-0.3, -0.25) is 5.43 Å². The van der Waals surface area contributed by atoms with Gasteiger partial charge in [0.05, 0.1) is 17.9 Å². The average molecular weight is 557 g/mol. The van der Waals surface area contributed by atoms with E-state index in [2.05, 4.69) is 30.6 Å². The molecule has 4 rings (SSSR count). The molecule has 0 aromatic heterocycles. The van der Waals surface area contributed by atoms with Crippen LogP contribution in [0.5, 0.6) is 17.2 Å². The molecule has 1 unspecified atom stereocenters. The van der Waals surface area contributed by atoms with Gasteiger partial charge in [0.1, 0.15) is 17.9 Å². The lowest BCUT2D eigenvalue weighted by Crippen LogP contribution is -2.34. The number of nitrogens with zero attached hydrogens (tertiary/aromatic N) is 3. The fourth-order valence-corrected chi connectivity index (χ4v) is 3.60. The molecule has 0 amide bonds. The molecule has 0 aliphatic carbocycles. The number of halogens is 3. The molecule has 0 saturated heterocycles. The number of alkyl halides is 3. The Balaban J connectivity index is 1.25. The second-order valence-corrected chi connectivity index (χ2v) is 8.51. The molecule has 0 spiro atoms. The zero-order chi connectivity index (χ0) is 27.8. The summed E-state index contributed by atoms with van der Waals surface area (Å²) in [6.07, 6.45) is -1.93. The number of nitrogens with two attached hydrogens (primary N) is 1. The lowest BCUT2D eigenvalue weighted by Gasteiger charge is -2.16. The van der Waals surface area contributed by atoms with Crippen LogP contribution in [-0.4, -0.2) is 36.7 Å². The molecule has 1 aliphatic rings. The Kier molecular flexibility index (Phi) is 8.61. The van der Waals surface area contributed by atoms with Gasteiger partial charge < -0.3 is 25.3 Å². The van der Waals surface area contributed by atoms with Crippen molar-refractivity contribution in [1.82, 2.24) is 10.7 Å². The predicted molar refractivity (Wildman–Crippen MR) is 146 cm³/mol. The van der Waals surface area contributed by atoms with Gasteiger partial charge in [-0.05, 0) is 66.7 Å². The van der Waals surface area contributed by atoms with Gasteiger partial charge in [-0.25, -0.2) is 9.98 Å². The number of fused-ring (bicyclic) bond motifs is 1. The molecule has 0 fully saturated rings. The molecule has 1 heterocycles. The van der Waals surface area contributed by atoms with E-state index in [9.17, 15) is 13.2 Å². The van der Waals surface area contributed by atoms with E-state index >= 15 is 0 Å². The molecular formula is C26H23F3N6O3S. The number of hydrogen-bond donors (Lipinski definition) is 3. The number of ether oxygens (including phenoxy) is 3. The summed E-state index contributed by atoms with van der Waals surface area (Å²) in [5.41, 5.74) is 11.6. The minimum absolute atomic E-state index is 0.0810. The topological polar surface area (TPSA) is 115 Å². The van der Waals surface area contributed by atoms with Crippen LogP contribution in [0.2, 0.25) is 0 Å². The normalized spacial score (nSPS) is 14.0. The SMILES string of the molecule is CC(NC(=S)N/N=C/c1ccc(C(N)=NC=Nc2ccc(OC(F)(F)F)cc2)cc1)c1ccc2c(c1)OCO2. The van der Waals surface area contributed by atoms with Crippen molar-refractivity contribution >= 4 is 41.4 Å². The predicted octanol–water partition coefficient (Wildman–Crippen LogP) is 4.94. The second-order valence-electron chi connectivity index (χ2n) is 8.10. The van der Waals surface area contributed by atoms with Crippen molar-refractivity contribution in [3.63, 3.8) is 0 Å². The van der Waals surface area contributed by atoms with Crippen LogP contribution in [0.1, 0.15) is 29.7 Å². The van der Waals surface area contributed by atoms with E-state index in [0.29, 0.717) is 22.1 Å². The summed E-state index contributed by atoms with van der Waals surface area (Å²) in [4.78, 5) is 8.11. The van der Waals surface area contributed by atoms with E-state index in [1.54, 1.807) is 30.5 Å². The van der Waals surface area contributed by atoms with E-state index in [0.717, 1.165) is 29.0 Å². The summed E-state index contributed by atoms with van der Waals surface area (Å²) in [6.45, 7) is 2.18. The average Bonchev–Trinajstić information content (AvgIpc) is 3.37. The van der Waals surface area contributed by atoms with Crippen molar-refractivity contribution in [2.75, 3.05) is 6.79 Å². The monoisotopic (exact) mass is 556 g/mol. The highest BCUT2D eigenvalue weighted by atomic mass is 32.1. The highest BCUT2D eigenvalue weighted by molar-refractivity contribution is 7.80. The summed E-state index contributed by atoms with van der Waals surface area (Å²) in [5.74, 6) is 1.29. The number of aliphatic imine (C=N–C) groups is 2. The van der Waals surface area contributed by atoms with Gasteiger partial charge in [-0.1, -0.05) is 30.3 Å². The van der Waals surface area contributed by atoms with E-state index < -0.39 is 6.36 Å². The van der Waals surface area contributed by atoms with Gasteiger partial charge in [-0.15, -0.1) is 13.2 Å². The molecule has 39 heavy (non-hydrogen) atoms. The van der Waals surface area contributed by atoms with Crippen molar-refractivity contribution in [1.29, 1.82) is 0 Å². The van der Waals surface area contributed by atoms with Crippen LogP contribution in [0, 0.1) is 0 Å². The first-order valence-corrected chi connectivity index (χ1v) is 11.9. The Bertz CT molecular complexity index is 1390. The third-order valence-corrected chi connectivity index (χ3v) is 5.51. The van der Waals surface area contributed by atoms with Crippen LogP contribution < -0.4 is 30.7 Å². The molecule has 0 radical (unpaired) electrons. The number of hydrogen-bond acceptors (Lipinski definition) is 6. The van der Waals surface area contributed by atoms with Gasteiger partial charge in [0, 0.05) is 5.56 Å². The Morgan fingerprint density at radius 3 is 2.49 bits per heavy atom. The molecule has 4 N–H and O–H groups in total. The van der Waals surface area contributed by atoms with Crippen molar-refractivity contribution in [3.05, 3.63) is 83.4 Å². The number of nitrogens with one attached hydrogen (secondary N) is 2. The highest BCUT2D eigenvalue weighted by Crippen LogP contribution is 2.34. The summed E-state index contributed by atoms with van der Waals surface area (Å²) >= 11 is 5.32. The summed E-state index contributed by atoms with van der Waals surface area (Å²) < 4.78 is 51.2. The Hall–Kier alpha value is -4.65. The standard InChI is InChI=1S/C26H23F3N6O3S/c1-16(19-6-11-22-23(12-19)37-15-36-22)34-25(39)35-33-13-17-2-4-18(5-3-17)24(30)32-14-31-20-7-9-21(10-8-20)38-26(27,28)29/h2-14,16H,15H2,1H3,(H2,30,31,32)(H2,34,35,39)/b33-13+. The quantitative estimate of drug-likeness (QED) is 0.156. The van der Waals surface area contributed by atoms with Crippen LogP contribution in [0.4, 0.5) is 18.9 Å². The first kappa shape index (κ1) is 27.4. The van der Waals surface area contributed by atoms with Gasteiger partial charge in [0.2, 0.25) is 6.79 Å². The van der Waals surface area contributed by atoms with Crippen LogP contribution in [0.15, 0.2) is 81.8 Å². The van der Waals surface area contributed by atoms with Crippen LogP contribution in [0.3, 0.4) is 0 Å². The molecule has 1 aliphatic heterocycles. The first-order valence-electron chi connectivity index (χ1n) is 11.5. The lowest BCUT2D eigenvalue weighted by molar-refractivity contribution is -0.274. The zero-order valence-corrected chi connectivity index (χ0v) is 21.3. The molecule has 1 atom stereocenters. The largest absolute Gasteiger partial charge is 0.573 e.